The van der Waals surface area contributed by atoms with Crippen LogP contribution in [0.2, 0.25) is 0 Å². The summed E-state index contributed by atoms with van der Waals surface area (Å²) in [6.07, 6.45) is 10.0. The van der Waals surface area contributed by atoms with Crippen LogP contribution in [0.3, 0.4) is 0 Å². The monoisotopic (exact) mass is 275 g/mol. The summed E-state index contributed by atoms with van der Waals surface area (Å²) in [7, 11) is 0. The standard InChI is InChI=1S/C16H25N3O/c17-11-16(18-12-4-5-12)7-6-13(10-16)19-8-9-20-15-3-1-2-14(15)19/h12-15,18H,1-10H2. The van der Waals surface area contributed by atoms with Crippen LogP contribution in [0.4, 0.5) is 0 Å². The highest BCUT2D eigenvalue weighted by Crippen LogP contribution is 2.40. The number of hydrogen-bond acceptors (Lipinski definition) is 4. The molecule has 3 aliphatic carbocycles. The molecular formula is C16H25N3O. The van der Waals surface area contributed by atoms with E-state index < -0.39 is 0 Å². The Bertz CT molecular complexity index is 416. The van der Waals surface area contributed by atoms with Crippen LogP contribution in [0.15, 0.2) is 0 Å². The molecule has 1 aliphatic heterocycles. The summed E-state index contributed by atoms with van der Waals surface area (Å²) in [5.41, 5.74) is -0.238. The lowest BCUT2D eigenvalue weighted by molar-refractivity contribution is -0.0712. The maximum Gasteiger partial charge on any atom is 0.108 e. The smallest absolute Gasteiger partial charge is 0.108 e. The summed E-state index contributed by atoms with van der Waals surface area (Å²) < 4.78 is 5.92. The highest BCUT2D eigenvalue weighted by molar-refractivity contribution is 5.16. The molecule has 0 radical (unpaired) electrons. The third kappa shape index (κ3) is 2.26. The third-order valence-corrected chi connectivity index (χ3v) is 5.75. The zero-order chi connectivity index (χ0) is 13.6. The van der Waals surface area contributed by atoms with Gasteiger partial charge in [0.2, 0.25) is 0 Å². The fourth-order valence-electron chi connectivity index (χ4n) is 4.59. The first-order valence-electron chi connectivity index (χ1n) is 8.36. The summed E-state index contributed by atoms with van der Waals surface area (Å²) in [5, 5.41) is 13.3. The molecule has 1 heterocycles. The Hall–Kier alpha value is -0.630. The Balaban J connectivity index is 1.45. The molecule has 110 valence electrons. The van der Waals surface area contributed by atoms with Gasteiger partial charge in [0, 0.05) is 24.7 Å². The van der Waals surface area contributed by atoms with Crippen molar-refractivity contribution in [3.05, 3.63) is 0 Å². The molecule has 20 heavy (non-hydrogen) atoms. The second kappa shape index (κ2) is 4.98. The van der Waals surface area contributed by atoms with Gasteiger partial charge in [0.25, 0.3) is 0 Å². The molecule has 0 aromatic carbocycles. The molecule has 1 saturated heterocycles. The van der Waals surface area contributed by atoms with Gasteiger partial charge in [-0.3, -0.25) is 10.2 Å². The highest BCUT2D eigenvalue weighted by atomic mass is 16.5. The third-order valence-electron chi connectivity index (χ3n) is 5.75. The second-order valence-electron chi connectivity index (χ2n) is 7.15. The Morgan fingerprint density at radius 2 is 2.10 bits per heavy atom. The minimum absolute atomic E-state index is 0.238. The lowest BCUT2D eigenvalue weighted by Gasteiger charge is -2.41. The maximum atomic E-state index is 9.64. The molecule has 0 aromatic heterocycles. The van der Waals surface area contributed by atoms with Crippen molar-refractivity contribution in [2.45, 2.75) is 81.1 Å². The fourth-order valence-corrected chi connectivity index (χ4v) is 4.59. The van der Waals surface area contributed by atoms with Crippen molar-refractivity contribution in [3.63, 3.8) is 0 Å². The molecule has 4 atom stereocenters. The Morgan fingerprint density at radius 3 is 2.90 bits per heavy atom. The molecule has 4 aliphatic rings. The van der Waals surface area contributed by atoms with Crippen molar-refractivity contribution in [1.29, 1.82) is 5.26 Å². The fraction of sp³-hybridized carbons (Fsp3) is 0.938. The molecule has 3 saturated carbocycles. The van der Waals surface area contributed by atoms with E-state index in [1.165, 1.54) is 38.5 Å². The lowest BCUT2D eigenvalue weighted by Crippen LogP contribution is -2.53. The van der Waals surface area contributed by atoms with Crippen molar-refractivity contribution < 1.29 is 4.74 Å². The van der Waals surface area contributed by atoms with Crippen molar-refractivity contribution >= 4 is 0 Å². The number of rotatable bonds is 3. The van der Waals surface area contributed by atoms with Crippen LogP contribution in [-0.2, 0) is 4.74 Å². The van der Waals surface area contributed by atoms with E-state index in [0.717, 1.165) is 26.0 Å². The minimum atomic E-state index is -0.238. The number of nitriles is 1. The molecule has 4 unspecified atom stereocenters. The van der Waals surface area contributed by atoms with E-state index in [1.807, 2.05) is 0 Å². The van der Waals surface area contributed by atoms with E-state index >= 15 is 0 Å². The van der Waals surface area contributed by atoms with Gasteiger partial charge in [0.05, 0.1) is 18.8 Å². The highest BCUT2D eigenvalue weighted by Gasteiger charge is 2.47. The predicted octanol–water partition coefficient (Wildman–Crippen LogP) is 1.81. The Labute approximate surface area is 121 Å². The summed E-state index contributed by atoms with van der Waals surface area (Å²) in [5.74, 6) is 0. The number of fused-ring (bicyclic) bond motifs is 1. The van der Waals surface area contributed by atoms with Gasteiger partial charge in [-0.25, -0.2) is 0 Å². The van der Waals surface area contributed by atoms with Gasteiger partial charge in [-0.05, 0) is 51.4 Å². The van der Waals surface area contributed by atoms with Crippen molar-refractivity contribution in [1.82, 2.24) is 10.2 Å². The number of nitrogens with one attached hydrogen (secondary N) is 1. The van der Waals surface area contributed by atoms with E-state index in [2.05, 4.69) is 16.3 Å². The first-order chi connectivity index (χ1) is 9.80. The molecule has 4 nitrogen and oxygen atoms in total. The SMILES string of the molecule is N#CC1(NC2CC2)CCC(N2CCOC3CCCC32)C1. The molecular weight excluding hydrogens is 250 g/mol. The van der Waals surface area contributed by atoms with Crippen LogP contribution in [0, 0.1) is 11.3 Å². The molecule has 0 amide bonds. The zero-order valence-corrected chi connectivity index (χ0v) is 12.2. The van der Waals surface area contributed by atoms with E-state index in [0.29, 0.717) is 24.2 Å². The van der Waals surface area contributed by atoms with Crippen LogP contribution in [0.1, 0.15) is 51.4 Å². The Morgan fingerprint density at radius 1 is 1.20 bits per heavy atom. The minimum Gasteiger partial charge on any atom is -0.375 e. The summed E-state index contributed by atoms with van der Waals surface area (Å²) in [6.45, 7) is 1.95. The summed E-state index contributed by atoms with van der Waals surface area (Å²) in [6, 6.07) is 4.45. The van der Waals surface area contributed by atoms with Crippen molar-refractivity contribution in [2.75, 3.05) is 13.2 Å². The van der Waals surface area contributed by atoms with Gasteiger partial charge < -0.3 is 4.74 Å². The molecule has 4 fully saturated rings. The average Bonchev–Trinajstić information content (AvgIpc) is 3.00. The van der Waals surface area contributed by atoms with Gasteiger partial charge in [-0.2, -0.15) is 5.26 Å². The quantitative estimate of drug-likeness (QED) is 0.853. The van der Waals surface area contributed by atoms with Gasteiger partial charge in [0.15, 0.2) is 0 Å². The first-order valence-corrected chi connectivity index (χ1v) is 8.36. The molecule has 0 spiro atoms. The molecule has 1 N–H and O–H groups in total. The topological polar surface area (TPSA) is 48.3 Å². The largest absolute Gasteiger partial charge is 0.375 e. The van der Waals surface area contributed by atoms with Crippen LogP contribution in [0.25, 0.3) is 0 Å². The van der Waals surface area contributed by atoms with E-state index in [-0.39, 0.29) is 5.54 Å². The van der Waals surface area contributed by atoms with Gasteiger partial charge in [0.1, 0.15) is 5.54 Å². The number of ether oxygens (including phenoxy) is 1. The number of morpholine rings is 1. The average molecular weight is 275 g/mol. The summed E-state index contributed by atoms with van der Waals surface area (Å²) in [4.78, 5) is 2.69. The Kier molecular flexibility index (Phi) is 3.25. The van der Waals surface area contributed by atoms with Crippen LogP contribution in [-0.4, -0.2) is 47.8 Å². The van der Waals surface area contributed by atoms with Crippen LogP contribution in [0.5, 0.6) is 0 Å². The van der Waals surface area contributed by atoms with Gasteiger partial charge in [-0.1, -0.05) is 0 Å². The van der Waals surface area contributed by atoms with E-state index in [4.69, 9.17) is 4.74 Å². The number of nitrogens with zero attached hydrogens (tertiary/aromatic N) is 2. The van der Waals surface area contributed by atoms with E-state index in [1.54, 1.807) is 0 Å². The molecule has 4 rings (SSSR count). The summed E-state index contributed by atoms with van der Waals surface area (Å²) >= 11 is 0. The second-order valence-corrected chi connectivity index (χ2v) is 7.15. The van der Waals surface area contributed by atoms with Crippen molar-refractivity contribution in [3.8, 4) is 6.07 Å². The normalized spacial score (nSPS) is 45.2. The molecule has 4 heteroatoms. The zero-order valence-electron chi connectivity index (χ0n) is 12.2. The van der Waals surface area contributed by atoms with Gasteiger partial charge in [-0.15, -0.1) is 0 Å². The molecule has 0 bridgehead atoms. The van der Waals surface area contributed by atoms with Gasteiger partial charge >= 0.3 is 0 Å². The molecule has 0 aromatic rings. The van der Waals surface area contributed by atoms with Crippen LogP contribution < -0.4 is 5.32 Å². The predicted molar refractivity (Wildman–Crippen MR) is 76.2 cm³/mol. The first kappa shape index (κ1) is 13.1. The van der Waals surface area contributed by atoms with E-state index in [9.17, 15) is 5.26 Å². The number of hydrogen-bond donors (Lipinski definition) is 1. The van der Waals surface area contributed by atoms with Crippen LogP contribution >= 0.6 is 0 Å². The van der Waals surface area contributed by atoms with Crippen molar-refractivity contribution in [2.24, 2.45) is 0 Å². The lowest BCUT2D eigenvalue weighted by atomic mass is 9.98. The maximum absolute atomic E-state index is 9.64.